The third-order valence-electron chi connectivity index (χ3n) is 2.95. The predicted octanol–water partition coefficient (Wildman–Crippen LogP) is 3.18. The minimum Gasteiger partial charge on any atom is -0.236 e. The van der Waals surface area contributed by atoms with E-state index in [4.69, 9.17) is 0 Å². The number of hydrogen-bond donors (Lipinski definition) is 0. The maximum Gasteiger partial charge on any atom is 0.244 e. The van der Waals surface area contributed by atoms with Crippen molar-refractivity contribution in [3.8, 4) is 0 Å². The summed E-state index contributed by atoms with van der Waals surface area (Å²) in [6.45, 7) is 0. The minimum atomic E-state index is -3.47. The highest BCUT2D eigenvalue weighted by atomic mass is 79.9. The number of fused-ring (bicyclic) bond motifs is 1. The van der Waals surface area contributed by atoms with Crippen LogP contribution in [0.15, 0.2) is 59.3 Å². The molecule has 0 aliphatic rings. The van der Waals surface area contributed by atoms with E-state index < -0.39 is 10.0 Å². The van der Waals surface area contributed by atoms with E-state index in [1.165, 1.54) is 3.97 Å². The van der Waals surface area contributed by atoms with Crippen LogP contribution in [0.1, 0.15) is 5.56 Å². The van der Waals surface area contributed by atoms with Gasteiger partial charge in [-0.05, 0) is 33.6 Å². The third-order valence-corrected chi connectivity index (χ3v) is 4.98. The van der Waals surface area contributed by atoms with Crippen LogP contribution < -0.4 is 0 Å². The molecule has 0 saturated heterocycles. The van der Waals surface area contributed by atoms with Crippen molar-refractivity contribution in [3.63, 3.8) is 0 Å². The molecular formula is C14H11BrN2O2S. The fourth-order valence-corrected chi connectivity index (χ4v) is 3.82. The highest BCUT2D eigenvalue weighted by Crippen LogP contribution is 2.21. The van der Waals surface area contributed by atoms with Crippen LogP contribution in [0.5, 0.6) is 0 Å². The summed E-state index contributed by atoms with van der Waals surface area (Å²) in [6, 6.07) is 12.7. The quantitative estimate of drug-likeness (QED) is 0.728. The summed E-state index contributed by atoms with van der Waals surface area (Å²) in [5.74, 6) is -0.0463. The van der Waals surface area contributed by atoms with Gasteiger partial charge < -0.3 is 0 Å². The second-order valence-corrected chi connectivity index (χ2v) is 7.18. The molecule has 0 spiro atoms. The van der Waals surface area contributed by atoms with Gasteiger partial charge in [0, 0.05) is 22.3 Å². The van der Waals surface area contributed by atoms with Gasteiger partial charge in [0.15, 0.2) is 5.65 Å². The summed E-state index contributed by atoms with van der Waals surface area (Å²) in [5, 5.41) is 0.788. The molecular weight excluding hydrogens is 340 g/mol. The van der Waals surface area contributed by atoms with Gasteiger partial charge in [-0.2, -0.15) is 0 Å². The zero-order valence-corrected chi connectivity index (χ0v) is 12.8. The van der Waals surface area contributed by atoms with Crippen LogP contribution in [0.25, 0.3) is 11.0 Å². The van der Waals surface area contributed by atoms with Crippen molar-refractivity contribution in [2.45, 2.75) is 5.75 Å². The van der Waals surface area contributed by atoms with E-state index in [-0.39, 0.29) is 5.75 Å². The van der Waals surface area contributed by atoms with Gasteiger partial charge in [0.25, 0.3) is 0 Å². The van der Waals surface area contributed by atoms with Crippen molar-refractivity contribution in [2.75, 3.05) is 0 Å². The number of rotatable bonds is 3. The van der Waals surface area contributed by atoms with Gasteiger partial charge in [-0.1, -0.05) is 30.3 Å². The second kappa shape index (κ2) is 5.03. The Hall–Kier alpha value is -1.66. The van der Waals surface area contributed by atoms with Crippen molar-refractivity contribution < 1.29 is 8.42 Å². The van der Waals surface area contributed by atoms with Gasteiger partial charge in [0.1, 0.15) is 0 Å². The standard InChI is InChI=1S/C14H11BrN2O2S/c15-13-8-12-6-7-17(14(12)16-9-13)20(18,19)10-11-4-2-1-3-5-11/h1-9H,10H2. The maximum atomic E-state index is 12.5. The summed E-state index contributed by atoms with van der Waals surface area (Å²) >= 11 is 3.32. The molecule has 6 heteroatoms. The number of hydrogen-bond acceptors (Lipinski definition) is 3. The Morgan fingerprint density at radius 1 is 1.15 bits per heavy atom. The lowest BCUT2D eigenvalue weighted by Crippen LogP contribution is -2.14. The summed E-state index contributed by atoms with van der Waals surface area (Å²) < 4.78 is 27.0. The molecule has 0 bridgehead atoms. The van der Waals surface area contributed by atoms with Crippen LogP contribution in [-0.4, -0.2) is 17.4 Å². The molecule has 0 unspecified atom stereocenters. The van der Waals surface area contributed by atoms with E-state index >= 15 is 0 Å². The SMILES string of the molecule is O=S(=O)(Cc1ccccc1)n1ccc2cc(Br)cnc21. The maximum absolute atomic E-state index is 12.5. The number of nitrogens with zero attached hydrogens (tertiary/aromatic N) is 2. The zero-order chi connectivity index (χ0) is 14.2. The molecule has 0 amide bonds. The Bertz CT molecular complexity index is 857. The van der Waals surface area contributed by atoms with Crippen molar-refractivity contribution in [3.05, 3.63) is 64.9 Å². The molecule has 0 atom stereocenters. The number of pyridine rings is 1. The molecule has 1 aromatic carbocycles. The Labute approximate surface area is 125 Å². The van der Waals surface area contributed by atoms with Crippen LogP contribution in [-0.2, 0) is 15.8 Å². The van der Waals surface area contributed by atoms with E-state index in [9.17, 15) is 8.42 Å². The van der Waals surface area contributed by atoms with Gasteiger partial charge in [-0.3, -0.25) is 0 Å². The molecule has 102 valence electrons. The molecule has 3 aromatic rings. The Kier molecular flexibility index (Phi) is 3.35. The lowest BCUT2D eigenvalue weighted by Gasteiger charge is -2.07. The first-order chi connectivity index (χ1) is 9.56. The Balaban J connectivity index is 2.06. The topological polar surface area (TPSA) is 52.0 Å². The van der Waals surface area contributed by atoms with Crippen LogP contribution in [0.4, 0.5) is 0 Å². The van der Waals surface area contributed by atoms with Gasteiger partial charge in [0.05, 0.1) is 5.75 Å². The van der Waals surface area contributed by atoms with Crippen molar-refractivity contribution in [1.29, 1.82) is 0 Å². The normalized spacial score (nSPS) is 11.8. The van der Waals surface area contributed by atoms with E-state index in [2.05, 4.69) is 20.9 Å². The molecule has 0 saturated carbocycles. The first-order valence-electron chi connectivity index (χ1n) is 5.96. The average Bonchev–Trinajstić information content (AvgIpc) is 2.83. The van der Waals surface area contributed by atoms with Crippen LogP contribution in [0.3, 0.4) is 0 Å². The first-order valence-corrected chi connectivity index (χ1v) is 8.36. The summed E-state index contributed by atoms with van der Waals surface area (Å²) in [7, 11) is -3.47. The second-order valence-electron chi connectivity index (χ2n) is 4.42. The van der Waals surface area contributed by atoms with Gasteiger partial charge >= 0.3 is 0 Å². The first kappa shape index (κ1) is 13.3. The molecule has 0 radical (unpaired) electrons. The molecule has 0 N–H and O–H groups in total. The van der Waals surface area contributed by atoms with Crippen LogP contribution in [0, 0.1) is 0 Å². The van der Waals surface area contributed by atoms with E-state index in [1.54, 1.807) is 30.6 Å². The lowest BCUT2D eigenvalue weighted by atomic mass is 10.2. The van der Waals surface area contributed by atoms with Gasteiger partial charge in [0.2, 0.25) is 10.0 Å². The highest BCUT2D eigenvalue weighted by Gasteiger charge is 2.17. The molecule has 0 aliphatic heterocycles. The van der Waals surface area contributed by atoms with Gasteiger partial charge in [-0.25, -0.2) is 17.4 Å². The number of halogens is 1. The molecule has 2 aromatic heterocycles. The smallest absolute Gasteiger partial charge is 0.236 e. The predicted molar refractivity (Wildman–Crippen MR) is 81.9 cm³/mol. The fourth-order valence-electron chi connectivity index (χ4n) is 2.05. The van der Waals surface area contributed by atoms with Crippen LogP contribution in [0.2, 0.25) is 0 Å². The summed E-state index contributed by atoms with van der Waals surface area (Å²) in [4.78, 5) is 4.19. The molecule has 0 aliphatic carbocycles. The third kappa shape index (κ3) is 2.48. The molecule has 4 nitrogen and oxygen atoms in total. The minimum absolute atomic E-state index is 0.0463. The summed E-state index contributed by atoms with van der Waals surface area (Å²) in [5.41, 5.74) is 1.20. The van der Waals surface area contributed by atoms with Crippen LogP contribution >= 0.6 is 15.9 Å². The molecule has 20 heavy (non-hydrogen) atoms. The molecule has 0 fully saturated rings. The summed E-state index contributed by atoms with van der Waals surface area (Å²) in [6.07, 6.45) is 3.14. The lowest BCUT2D eigenvalue weighted by molar-refractivity contribution is 0.588. The highest BCUT2D eigenvalue weighted by molar-refractivity contribution is 9.10. The van der Waals surface area contributed by atoms with E-state index in [0.29, 0.717) is 5.65 Å². The fraction of sp³-hybridized carbons (Fsp3) is 0.0714. The van der Waals surface area contributed by atoms with E-state index in [0.717, 1.165) is 15.4 Å². The van der Waals surface area contributed by atoms with E-state index in [1.807, 2.05) is 24.3 Å². The Morgan fingerprint density at radius 3 is 2.65 bits per heavy atom. The Morgan fingerprint density at radius 2 is 1.90 bits per heavy atom. The number of aromatic nitrogens is 2. The largest absolute Gasteiger partial charge is 0.244 e. The van der Waals surface area contributed by atoms with Crippen molar-refractivity contribution >= 4 is 37.0 Å². The van der Waals surface area contributed by atoms with Gasteiger partial charge in [-0.15, -0.1) is 0 Å². The zero-order valence-electron chi connectivity index (χ0n) is 10.4. The molecule has 2 heterocycles. The average molecular weight is 351 g/mol. The molecule has 3 rings (SSSR count). The van der Waals surface area contributed by atoms with Crippen molar-refractivity contribution in [2.24, 2.45) is 0 Å². The van der Waals surface area contributed by atoms with Crippen molar-refractivity contribution in [1.82, 2.24) is 8.96 Å². The monoisotopic (exact) mass is 350 g/mol. The number of benzene rings is 1.